The molecule has 0 spiro atoms. The summed E-state index contributed by atoms with van der Waals surface area (Å²) in [5.41, 5.74) is -1.27. The Morgan fingerprint density at radius 3 is 2.70 bits per heavy atom. The van der Waals surface area contributed by atoms with E-state index in [1.165, 1.54) is 6.26 Å². The number of benzene rings is 1. The van der Waals surface area contributed by atoms with Crippen LogP contribution in [0.3, 0.4) is 0 Å². The molecule has 196 valence electrons. The molecule has 2 aromatic heterocycles. The maximum atomic E-state index is 13.8. The number of nitrogens with one attached hydrogen (secondary N) is 2. The topological polar surface area (TPSA) is 151 Å². The standard InChI is InChI=1S/C24H24FN3O9/c25-17-11-28(23(31)27-22(17)30)20-9-18(19(36-20)14-33-13-16-7-4-8-34-16)37-21(29)10-26-24(32)35-12-15-5-2-1-3-6-15/h1-8,11,18-20H,9-10,12-14H2,(H,26,32)(H,27,30,31)/t18-,19+,20+/m0/s1. The van der Waals surface area contributed by atoms with E-state index in [1.54, 1.807) is 36.4 Å². The maximum absolute atomic E-state index is 13.8. The SMILES string of the molecule is O=C(CNC(=O)OCc1ccccc1)O[C@H]1C[C@H](n2cc(F)c(=O)[nH]c2=O)O[C@@H]1COCc1ccco1. The lowest BCUT2D eigenvalue weighted by atomic mass is 10.2. The molecule has 1 aliphatic heterocycles. The highest BCUT2D eigenvalue weighted by Gasteiger charge is 2.39. The lowest BCUT2D eigenvalue weighted by Gasteiger charge is -2.19. The molecule has 1 amide bonds. The molecular weight excluding hydrogens is 493 g/mol. The van der Waals surface area contributed by atoms with Crippen molar-refractivity contribution in [1.82, 2.24) is 14.9 Å². The number of carbonyl (C=O) groups excluding carboxylic acids is 2. The van der Waals surface area contributed by atoms with Crippen LogP contribution in [0.4, 0.5) is 9.18 Å². The number of ether oxygens (including phenoxy) is 4. The van der Waals surface area contributed by atoms with Crippen LogP contribution in [0.1, 0.15) is 24.0 Å². The fraction of sp³-hybridized carbons (Fsp3) is 0.333. The Kier molecular flexibility index (Phi) is 8.48. The van der Waals surface area contributed by atoms with Gasteiger partial charge < -0.3 is 28.7 Å². The van der Waals surface area contributed by atoms with Crippen LogP contribution in [-0.2, 0) is 37.0 Å². The second kappa shape index (κ2) is 12.1. The van der Waals surface area contributed by atoms with Crippen molar-refractivity contribution in [1.29, 1.82) is 0 Å². The zero-order valence-electron chi connectivity index (χ0n) is 19.5. The Morgan fingerprint density at radius 1 is 1.14 bits per heavy atom. The van der Waals surface area contributed by atoms with Gasteiger partial charge in [-0.25, -0.2) is 9.59 Å². The molecule has 1 fully saturated rings. The number of H-pyrrole nitrogens is 1. The van der Waals surface area contributed by atoms with Gasteiger partial charge in [-0.3, -0.25) is 19.1 Å². The molecule has 0 unspecified atom stereocenters. The lowest BCUT2D eigenvalue weighted by molar-refractivity contribution is -0.153. The third-order valence-corrected chi connectivity index (χ3v) is 5.39. The van der Waals surface area contributed by atoms with Crippen LogP contribution in [0.2, 0.25) is 0 Å². The molecule has 0 radical (unpaired) electrons. The zero-order valence-corrected chi connectivity index (χ0v) is 19.5. The predicted octanol–water partition coefficient (Wildman–Crippen LogP) is 1.61. The van der Waals surface area contributed by atoms with Crippen molar-refractivity contribution in [3.63, 3.8) is 0 Å². The molecule has 3 atom stereocenters. The number of hydrogen-bond acceptors (Lipinski definition) is 9. The van der Waals surface area contributed by atoms with Crippen molar-refractivity contribution in [2.24, 2.45) is 0 Å². The van der Waals surface area contributed by atoms with Gasteiger partial charge in [-0.05, 0) is 17.7 Å². The van der Waals surface area contributed by atoms with Gasteiger partial charge in [0.05, 0.1) is 19.1 Å². The van der Waals surface area contributed by atoms with Gasteiger partial charge in [-0.15, -0.1) is 0 Å². The van der Waals surface area contributed by atoms with E-state index in [1.807, 2.05) is 11.1 Å². The first kappa shape index (κ1) is 25.9. The van der Waals surface area contributed by atoms with Crippen molar-refractivity contribution in [3.8, 4) is 0 Å². The lowest BCUT2D eigenvalue weighted by Crippen LogP contribution is -2.36. The van der Waals surface area contributed by atoms with E-state index in [-0.39, 0.29) is 26.2 Å². The molecule has 37 heavy (non-hydrogen) atoms. The minimum Gasteiger partial charge on any atom is -0.467 e. The zero-order chi connectivity index (χ0) is 26.2. The Morgan fingerprint density at radius 2 is 1.95 bits per heavy atom. The molecule has 3 aromatic rings. The van der Waals surface area contributed by atoms with Crippen molar-refractivity contribution in [3.05, 3.63) is 92.9 Å². The highest BCUT2D eigenvalue weighted by atomic mass is 19.1. The normalized spacial score (nSPS) is 18.9. The summed E-state index contributed by atoms with van der Waals surface area (Å²) in [5.74, 6) is -1.41. The maximum Gasteiger partial charge on any atom is 0.407 e. The van der Waals surface area contributed by atoms with E-state index >= 15 is 0 Å². The summed E-state index contributed by atoms with van der Waals surface area (Å²) >= 11 is 0. The summed E-state index contributed by atoms with van der Waals surface area (Å²) in [6.07, 6.45) is -1.42. The van der Waals surface area contributed by atoms with Gasteiger partial charge in [-0.2, -0.15) is 4.39 Å². The highest BCUT2D eigenvalue weighted by molar-refractivity contribution is 5.78. The summed E-state index contributed by atoms with van der Waals surface area (Å²) in [5, 5.41) is 2.30. The molecular formula is C24H24FN3O9. The number of amides is 1. The number of halogens is 1. The number of nitrogens with zero attached hydrogens (tertiary/aromatic N) is 1. The van der Waals surface area contributed by atoms with E-state index < -0.39 is 54.1 Å². The third kappa shape index (κ3) is 7.15. The largest absolute Gasteiger partial charge is 0.467 e. The van der Waals surface area contributed by atoms with Gasteiger partial charge in [0.25, 0.3) is 5.56 Å². The van der Waals surface area contributed by atoms with Crippen LogP contribution in [0.25, 0.3) is 0 Å². The molecule has 0 bridgehead atoms. The first-order valence-electron chi connectivity index (χ1n) is 11.3. The van der Waals surface area contributed by atoms with Gasteiger partial charge >= 0.3 is 17.8 Å². The summed E-state index contributed by atoms with van der Waals surface area (Å²) in [6.45, 7) is -0.399. The first-order valence-corrected chi connectivity index (χ1v) is 11.3. The first-order chi connectivity index (χ1) is 17.9. The Labute approximate surface area is 208 Å². The number of rotatable bonds is 10. The number of aromatic amines is 1. The number of esters is 1. The Bertz CT molecular complexity index is 1310. The molecule has 0 aliphatic carbocycles. The molecule has 0 saturated carbocycles. The predicted molar refractivity (Wildman–Crippen MR) is 123 cm³/mol. The minimum atomic E-state index is -1.17. The molecule has 4 rings (SSSR count). The van der Waals surface area contributed by atoms with Crippen LogP contribution in [0.5, 0.6) is 0 Å². The molecule has 1 aliphatic rings. The van der Waals surface area contributed by atoms with Gasteiger partial charge in [0.2, 0.25) is 5.82 Å². The van der Waals surface area contributed by atoms with Crippen molar-refractivity contribution < 1.29 is 37.3 Å². The van der Waals surface area contributed by atoms with E-state index in [2.05, 4.69) is 5.32 Å². The van der Waals surface area contributed by atoms with Crippen LogP contribution < -0.4 is 16.6 Å². The van der Waals surface area contributed by atoms with Crippen molar-refractivity contribution in [2.75, 3.05) is 13.2 Å². The molecule has 12 nitrogen and oxygen atoms in total. The Hall–Kier alpha value is -4.23. The second-order valence-corrected chi connectivity index (χ2v) is 8.05. The van der Waals surface area contributed by atoms with Crippen LogP contribution >= 0.6 is 0 Å². The highest BCUT2D eigenvalue weighted by Crippen LogP contribution is 2.30. The van der Waals surface area contributed by atoms with Gasteiger partial charge in [0, 0.05) is 6.42 Å². The van der Waals surface area contributed by atoms with Crippen LogP contribution in [0.15, 0.2) is 68.9 Å². The molecule has 1 saturated heterocycles. The number of furan rings is 1. The molecule has 1 aromatic carbocycles. The van der Waals surface area contributed by atoms with E-state index in [0.717, 1.165) is 16.3 Å². The van der Waals surface area contributed by atoms with Crippen LogP contribution in [-0.4, -0.2) is 47.0 Å². The number of alkyl carbamates (subject to hydrolysis) is 1. The quantitative estimate of drug-likeness (QED) is 0.382. The van der Waals surface area contributed by atoms with E-state index in [9.17, 15) is 23.6 Å². The summed E-state index contributed by atoms with van der Waals surface area (Å²) < 4.78 is 41.7. The average Bonchev–Trinajstić information content (AvgIpc) is 3.55. The second-order valence-electron chi connectivity index (χ2n) is 8.05. The molecule has 3 heterocycles. The fourth-order valence-corrected chi connectivity index (χ4v) is 3.62. The summed E-state index contributed by atoms with van der Waals surface area (Å²) in [7, 11) is 0. The smallest absolute Gasteiger partial charge is 0.407 e. The third-order valence-electron chi connectivity index (χ3n) is 5.39. The fourth-order valence-electron chi connectivity index (χ4n) is 3.62. The number of carbonyl (C=O) groups is 2. The molecule has 13 heteroatoms. The van der Waals surface area contributed by atoms with E-state index in [4.69, 9.17) is 23.4 Å². The van der Waals surface area contributed by atoms with Crippen molar-refractivity contribution in [2.45, 2.75) is 38.1 Å². The number of aromatic nitrogens is 2. The van der Waals surface area contributed by atoms with Crippen molar-refractivity contribution >= 4 is 12.1 Å². The summed E-state index contributed by atoms with van der Waals surface area (Å²) in [4.78, 5) is 49.7. The average molecular weight is 517 g/mol. The van der Waals surface area contributed by atoms with E-state index in [0.29, 0.717) is 5.76 Å². The van der Waals surface area contributed by atoms with Gasteiger partial charge in [0.15, 0.2) is 0 Å². The van der Waals surface area contributed by atoms with Gasteiger partial charge in [0.1, 0.15) is 44.0 Å². The minimum absolute atomic E-state index is 0.0272. The monoisotopic (exact) mass is 517 g/mol. The van der Waals surface area contributed by atoms with Gasteiger partial charge in [-0.1, -0.05) is 30.3 Å². The Balaban J connectivity index is 1.34. The summed E-state index contributed by atoms with van der Waals surface area (Å²) in [6, 6.07) is 12.4. The van der Waals surface area contributed by atoms with Crippen LogP contribution in [0, 0.1) is 5.82 Å². The number of hydrogen-bond donors (Lipinski definition) is 2. The molecule has 2 N–H and O–H groups in total.